The molecule has 1 N–H and O–H groups in total. The minimum Gasteiger partial charge on any atom is -0.465 e. The van der Waals surface area contributed by atoms with Gasteiger partial charge in [-0.25, -0.2) is 0 Å². The van der Waals surface area contributed by atoms with Crippen molar-refractivity contribution in [2.45, 2.75) is 32.8 Å². The van der Waals surface area contributed by atoms with E-state index in [2.05, 4.69) is 6.58 Å². The second-order valence-corrected chi connectivity index (χ2v) is 4.11. The lowest BCUT2D eigenvalue weighted by Gasteiger charge is -2.29. The third-order valence-corrected chi connectivity index (χ3v) is 2.37. The predicted octanol–water partition coefficient (Wildman–Crippen LogP) is 1.20. The van der Waals surface area contributed by atoms with Crippen molar-refractivity contribution in [2.75, 3.05) is 26.2 Å². The summed E-state index contributed by atoms with van der Waals surface area (Å²) in [5, 5.41) is 9.93. The predicted molar refractivity (Wildman–Crippen MR) is 64.2 cm³/mol. The standard InChI is InChI=1S/C12H23NO3/c1-5-8-13(9-11(14)16-7-3)10-12(4,15)6-2/h5,15H,1,6-10H2,2-4H3. The van der Waals surface area contributed by atoms with Gasteiger partial charge in [-0.2, -0.15) is 0 Å². The Morgan fingerprint density at radius 2 is 2.19 bits per heavy atom. The van der Waals surface area contributed by atoms with Crippen molar-refractivity contribution < 1.29 is 14.6 Å². The SMILES string of the molecule is C=CCN(CC(=O)OCC)CC(C)(O)CC. The highest BCUT2D eigenvalue weighted by Gasteiger charge is 2.22. The van der Waals surface area contributed by atoms with Crippen LogP contribution in [-0.4, -0.2) is 47.8 Å². The van der Waals surface area contributed by atoms with Gasteiger partial charge in [0.05, 0.1) is 18.8 Å². The highest BCUT2D eigenvalue weighted by atomic mass is 16.5. The first-order valence-electron chi connectivity index (χ1n) is 5.66. The smallest absolute Gasteiger partial charge is 0.320 e. The Morgan fingerprint density at radius 3 is 2.62 bits per heavy atom. The Hall–Kier alpha value is -0.870. The van der Waals surface area contributed by atoms with Crippen molar-refractivity contribution >= 4 is 5.97 Å². The van der Waals surface area contributed by atoms with Gasteiger partial charge in [0.2, 0.25) is 0 Å². The highest BCUT2D eigenvalue weighted by Crippen LogP contribution is 2.10. The Balaban J connectivity index is 4.26. The average molecular weight is 229 g/mol. The second kappa shape index (κ2) is 7.41. The monoisotopic (exact) mass is 229 g/mol. The highest BCUT2D eigenvalue weighted by molar-refractivity contribution is 5.71. The zero-order valence-electron chi connectivity index (χ0n) is 10.5. The van der Waals surface area contributed by atoms with E-state index >= 15 is 0 Å². The molecule has 0 rings (SSSR count). The fourth-order valence-corrected chi connectivity index (χ4v) is 1.35. The van der Waals surface area contributed by atoms with Crippen molar-refractivity contribution in [3.8, 4) is 0 Å². The van der Waals surface area contributed by atoms with Gasteiger partial charge in [-0.05, 0) is 20.3 Å². The maximum absolute atomic E-state index is 11.3. The third-order valence-electron chi connectivity index (χ3n) is 2.37. The molecule has 4 nitrogen and oxygen atoms in total. The van der Waals surface area contributed by atoms with Gasteiger partial charge in [0.15, 0.2) is 0 Å². The van der Waals surface area contributed by atoms with Gasteiger partial charge < -0.3 is 9.84 Å². The molecule has 0 aliphatic heterocycles. The molecule has 0 saturated carbocycles. The van der Waals surface area contributed by atoms with Crippen LogP contribution < -0.4 is 0 Å². The number of rotatable bonds is 8. The number of ether oxygens (including phenoxy) is 1. The van der Waals surface area contributed by atoms with Crippen molar-refractivity contribution in [3.05, 3.63) is 12.7 Å². The van der Waals surface area contributed by atoms with Gasteiger partial charge >= 0.3 is 5.97 Å². The van der Waals surface area contributed by atoms with Crippen LogP contribution in [0, 0.1) is 0 Å². The van der Waals surface area contributed by atoms with Crippen LogP contribution in [0.4, 0.5) is 0 Å². The largest absolute Gasteiger partial charge is 0.465 e. The summed E-state index contributed by atoms with van der Waals surface area (Å²) in [4.78, 5) is 13.2. The Kier molecular flexibility index (Phi) is 7.01. The van der Waals surface area contributed by atoms with E-state index in [0.717, 1.165) is 0 Å². The number of esters is 1. The van der Waals surface area contributed by atoms with Crippen LogP contribution >= 0.6 is 0 Å². The second-order valence-electron chi connectivity index (χ2n) is 4.11. The van der Waals surface area contributed by atoms with E-state index in [-0.39, 0.29) is 12.5 Å². The third kappa shape index (κ3) is 6.58. The minimum atomic E-state index is -0.782. The van der Waals surface area contributed by atoms with Crippen molar-refractivity contribution in [3.63, 3.8) is 0 Å². The fourth-order valence-electron chi connectivity index (χ4n) is 1.35. The summed E-state index contributed by atoms with van der Waals surface area (Å²) in [6.07, 6.45) is 2.36. The van der Waals surface area contributed by atoms with Crippen LogP contribution in [0.2, 0.25) is 0 Å². The minimum absolute atomic E-state index is 0.190. The topological polar surface area (TPSA) is 49.8 Å². The van der Waals surface area contributed by atoms with Crippen LogP contribution in [-0.2, 0) is 9.53 Å². The fraction of sp³-hybridized carbons (Fsp3) is 0.750. The molecule has 0 spiro atoms. The molecule has 0 bridgehead atoms. The van der Waals surface area contributed by atoms with Gasteiger partial charge in [-0.15, -0.1) is 6.58 Å². The Bertz CT molecular complexity index is 226. The van der Waals surface area contributed by atoms with Crippen LogP contribution in [0.3, 0.4) is 0 Å². The molecule has 1 atom stereocenters. The zero-order chi connectivity index (χ0) is 12.6. The maximum atomic E-state index is 11.3. The van der Waals surface area contributed by atoms with E-state index in [4.69, 9.17) is 4.74 Å². The van der Waals surface area contributed by atoms with E-state index in [1.54, 1.807) is 19.9 Å². The summed E-state index contributed by atoms with van der Waals surface area (Å²) >= 11 is 0. The normalized spacial score (nSPS) is 14.6. The maximum Gasteiger partial charge on any atom is 0.320 e. The summed E-state index contributed by atoms with van der Waals surface area (Å²) in [6.45, 7) is 10.7. The molecule has 1 unspecified atom stereocenters. The summed E-state index contributed by atoms with van der Waals surface area (Å²) in [6, 6.07) is 0. The lowest BCUT2D eigenvalue weighted by atomic mass is 10.0. The number of aliphatic hydroxyl groups is 1. The first-order chi connectivity index (χ1) is 7.45. The van der Waals surface area contributed by atoms with Crippen LogP contribution in [0.5, 0.6) is 0 Å². The molecule has 0 aromatic carbocycles. The molecule has 0 aromatic rings. The lowest BCUT2D eigenvalue weighted by molar-refractivity contribution is -0.144. The molecule has 0 amide bonds. The van der Waals surface area contributed by atoms with E-state index in [1.165, 1.54) is 0 Å². The van der Waals surface area contributed by atoms with Gasteiger partial charge in [-0.1, -0.05) is 13.0 Å². The molecule has 94 valence electrons. The van der Waals surface area contributed by atoms with Gasteiger partial charge in [0, 0.05) is 13.1 Å². The van der Waals surface area contributed by atoms with Crippen molar-refractivity contribution in [2.24, 2.45) is 0 Å². The molecular weight excluding hydrogens is 206 g/mol. The molecule has 0 radical (unpaired) electrons. The molecule has 4 heteroatoms. The average Bonchev–Trinajstić information content (AvgIpc) is 2.17. The molecule has 16 heavy (non-hydrogen) atoms. The van der Waals surface area contributed by atoms with Crippen LogP contribution in [0.25, 0.3) is 0 Å². The molecule has 0 aliphatic rings. The van der Waals surface area contributed by atoms with Gasteiger partial charge in [0.1, 0.15) is 0 Å². The van der Waals surface area contributed by atoms with Gasteiger partial charge in [-0.3, -0.25) is 9.69 Å². The van der Waals surface area contributed by atoms with Crippen molar-refractivity contribution in [1.29, 1.82) is 0 Å². The first kappa shape index (κ1) is 15.1. The van der Waals surface area contributed by atoms with E-state index in [9.17, 15) is 9.90 Å². The number of hydrogen-bond acceptors (Lipinski definition) is 4. The number of carbonyl (C=O) groups is 1. The number of carbonyl (C=O) groups excluding carboxylic acids is 1. The van der Waals surface area contributed by atoms with Crippen LogP contribution in [0.1, 0.15) is 27.2 Å². The quantitative estimate of drug-likeness (QED) is 0.502. The molecule has 0 heterocycles. The Morgan fingerprint density at radius 1 is 1.56 bits per heavy atom. The summed E-state index contributed by atoms with van der Waals surface area (Å²) in [7, 11) is 0. The van der Waals surface area contributed by atoms with Gasteiger partial charge in [0.25, 0.3) is 0 Å². The molecule has 0 aliphatic carbocycles. The summed E-state index contributed by atoms with van der Waals surface area (Å²) in [5.74, 6) is -0.267. The zero-order valence-corrected chi connectivity index (χ0v) is 10.5. The molecule has 0 aromatic heterocycles. The Labute approximate surface area is 97.9 Å². The van der Waals surface area contributed by atoms with Crippen molar-refractivity contribution in [1.82, 2.24) is 4.90 Å². The number of hydrogen-bond donors (Lipinski definition) is 1. The lowest BCUT2D eigenvalue weighted by Crippen LogP contribution is -2.43. The van der Waals surface area contributed by atoms with E-state index in [0.29, 0.717) is 26.1 Å². The van der Waals surface area contributed by atoms with E-state index in [1.807, 2.05) is 11.8 Å². The summed E-state index contributed by atoms with van der Waals surface area (Å²) < 4.78 is 4.87. The first-order valence-corrected chi connectivity index (χ1v) is 5.66. The van der Waals surface area contributed by atoms with Crippen LogP contribution in [0.15, 0.2) is 12.7 Å². The summed E-state index contributed by atoms with van der Waals surface area (Å²) in [5.41, 5.74) is -0.782. The van der Waals surface area contributed by atoms with E-state index < -0.39 is 5.60 Å². The molecule has 0 saturated heterocycles. The molecule has 0 fully saturated rings. The number of nitrogens with zero attached hydrogens (tertiary/aromatic N) is 1. The molecular formula is C12H23NO3.